The molecule has 0 N–H and O–H groups in total. The molecule has 0 aliphatic rings. The van der Waals surface area contributed by atoms with Crippen LogP contribution in [0.3, 0.4) is 0 Å². The number of hydroxylamine groups is 2. The molecule has 0 radical (unpaired) electrons. The highest BCUT2D eigenvalue weighted by molar-refractivity contribution is 7.85. The number of hydrogen-bond donors (Lipinski definition) is 0. The van der Waals surface area contributed by atoms with Gasteiger partial charge in [-0.2, -0.15) is 12.7 Å². The van der Waals surface area contributed by atoms with E-state index in [0.717, 1.165) is 11.5 Å². The molecule has 0 aromatic heterocycles. The Morgan fingerprint density at radius 3 is 2.18 bits per heavy atom. The quantitative estimate of drug-likeness (QED) is 0.568. The van der Waals surface area contributed by atoms with Crippen molar-refractivity contribution >= 4 is 10.1 Å². The fourth-order valence-electron chi connectivity index (χ4n) is 0.461. The second kappa shape index (κ2) is 4.66. The van der Waals surface area contributed by atoms with Crippen LogP contribution in [0.15, 0.2) is 0 Å². The smallest absolute Gasteiger partial charge is 0.274 e. The zero-order chi connectivity index (χ0) is 8.91. The number of nitrogens with zero attached hydrogens (tertiary/aromatic N) is 1. The van der Waals surface area contributed by atoms with Crippen LogP contribution in [0.1, 0.15) is 13.8 Å². The van der Waals surface area contributed by atoms with Crippen molar-refractivity contribution in [2.45, 2.75) is 13.8 Å². The van der Waals surface area contributed by atoms with E-state index in [1.807, 2.05) is 0 Å². The molecular formula is C5H13NO4S. The number of hydrogen-bond acceptors (Lipinski definition) is 5. The molecule has 0 saturated carbocycles. The summed E-state index contributed by atoms with van der Waals surface area (Å²) >= 11 is 0. The standard InChI is InChI=1S/C5H13NO4S/c1-4-6(9-5-2)10-11(3,7)8/h4-5H2,1-3H3. The second-order valence-corrected chi connectivity index (χ2v) is 3.40. The van der Waals surface area contributed by atoms with Crippen molar-refractivity contribution in [1.29, 1.82) is 0 Å². The third-order valence-electron chi connectivity index (χ3n) is 0.750. The van der Waals surface area contributed by atoms with Crippen LogP contribution in [-0.2, 0) is 19.2 Å². The maximum Gasteiger partial charge on any atom is 0.282 e. The van der Waals surface area contributed by atoms with E-state index in [1.54, 1.807) is 13.8 Å². The molecule has 0 bridgehead atoms. The van der Waals surface area contributed by atoms with Crippen LogP contribution in [0.25, 0.3) is 0 Å². The van der Waals surface area contributed by atoms with Gasteiger partial charge >= 0.3 is 0 Å². The minimum Gasteiger partial charge on any atom is -0.274 e. The van der Waals surface area contributed by atoms with Crippen LogP contribution < -0.4 is 0 Å². The molecule has 0 rings (SSSR count). The Morgan fingerprint density at radius 1 is 1.36 bits per heavy atom. The Bertz CT molecular complexity index is 189. The van der Waals surface area contributed by atoms with Gasteiger partial charge < -0.3 is 0 Å². The lowest BCUT2D eigenvalue weighted by molar-refractivity contribution is -0.310. The van der Waals surface area contributed by atoms with Gasteiger partial charge in [0.25, 0.3) is 10.1 Å². The first kappa shape index (κ1) is 10.8. The van der Waals surface area contributed by atoms with Crippen LogP contribution in [0.4, 0.5) is 0 Å². The number of rotatable bonds is 5. The van der Waals surface area contributed by atoms with Gasteiger partial charge in [-0.05, 0) is 19.1 Å². The first-order valence-electron chi connectivity index (χ1n) is 3.29. The highest BCUT2D eigenvalue weighted by Crippen LogP contribution is 1.96. The Balaban J connectivity index is 3.88. The van der Waals surface area contributed by atoms with Crippen LogP contribution in [0.5, 0.6) is 0 Å². The van der Waals surface area contributed by atoms with Gasteiger partial charge in [-0.3, -0.25) is 4.84 Å². The van der Waals surface area contributed by atoms with E-state index in [9.17, 15) is 8.42 Å². The normalized spacial score (nSPS) is 12.4. The molecule has 0 aliphatic carbocycles. The summed E-state index contributed by atoms with van der Waals surface area (Å²) in [4.78, 5) is 4.80. The molecule has 0 spiro atoms. The predicted molar refractivity (Wildman–Crippen MR) is 39.9 cm³/mol. The van der Waals surface area contributed by atoms with Crippen molar-refractivity contribution in [2.24, 2.45) is 0 Å². The molecule has 68 valence electrons. The fourth-order valence-corrected chi connectivity index (χ4v) is 0.911. The van der Waals surface area contributed by atoms with Crippen LogP contribution >= 0.6 is 0 Å². The summed E-state index contributed by atoms with van der Waals surface area (Å²) in [6.07, 6.45) is 0.967. The summed E-state index contributed by atoms with van der Waals surface area (Å²) < 4.78 is 25.5. The van der Waals surface area contributed by atoms with Crippen molar-refractivity contribution in [3.63, 3.8) is 0 Å². The molecule has 0 unspecified atom stereocenters. The van der Waals surface area contributed by atoms with Crippen molar-refractivity contribution < 1.29 is 17.5 Å². The van der Waals surface area contributed by atoms with Crippen molar-refractivity contribution in [3.05, 3.63) is 0 Å². The van der Waals surface area contributed by atoms with Crippen molar-refractivity contribution in [1.82, 2.24) is 5.23 Å². The molecule has 0 heterocycles. The molecule has 0 amide bonds. The Hall–Kier alpha value is -0.170. The summed E-state index contributed by atoms with van der Waals surface area (Å²) in [7, 11) is -3.46. The van der Waals surface area contributed by atoms with E-state index in [-0.39, 0.29) is 0 Å². The SMILES string of the molecule is CCON(CC)OS(C)(=O)=O. The van der Waals surface area contributed by atoms with Gasteiger partial charge in [0.05, 0.1) is 19.4 Å². The van der Waals surface area contributed by atoms with E-state index >= 15 is 0 Å². The zero-order valence-corrected chi connectivity index (χ0v) is 7.72. The predicted octanol–water partition coefficient (Wildman–Crippen LogP) is 0.151. The summed E-state index contributed by atoms with van der Waals surface area (Å²) in [5.74, 6) is 0. The first-order chi connectivity index (χ1) is 4.99. The van der Waals surface area contributed by atoms with Gasteiger partial charge in [-0.25, -0.2) is 0 Å². The Kier molecular flexibility index (Phi) is 4.58. The van der Waals surface area contributed by atoms with E-state index < -0.39 is 10.1 Å². The summed E-state index contributed by atoms with van der Waals surface area (Å²) in [5, 5.41) is 0.926. The van der Waals surface area contributed by atoms with Gasteiger partial charge in [0, 0.05) is 0 Å². The Morgan fingerprint density at radius 2 is 1.91 bits per heavy atom. The second-order valence-electron chi connectivity index (χ2n) is 1.85. The maximum atomic E-state index is 10.5. The lowest BCUT2D eigenvalue weighted by Crippen LogP contribution is -2.26. The molecule has 0 saturated heterocycles. The highest BCUT2D eigenvalue weighted by Gasteiger charge is 2.09. The van der Waals surface area contributed by atoms with Crippen molar-refractivity contribution in [3.8, 4) is 0 Å². The van der Waals surface area contributed by atoms with Crippen LogP contribution in [0, 0.1) is 0 Å². The highest BCUT2D eigenvalue weighted by atomic mass is 32.2. The minimum absolute atomic E-state index is 0.362. The minimum atomic E-state index is -3.46. The lowest BCUT2D eigenvalue weighted by Gasteiger charge is -2.15. The molecule has 0 aliphatic heterocycles. The lowest BCUT2D eigenvalue weighted by atomic mass is 10.8. The summed E-state index contributed by atoms with van der Waals surface area (Å²) in [5.41, 5.74) is 0. The van der Waals surface area contributed by atoms with Crippen molar-refractivity contribution in [2.75, 3.05) is 19.4 Å². The molecule has 5 nitrogen and oxygen atoms in total. The van der Waals surface area contributed by atoms with Gasteiger partial charge in [0.1, 0.15) is 0 Å². The maximum absolute atomic E-state index is 10.5. The van der Waals surface area contributed by atoms with Gasteiger partial charge in [0.2, 0.25) is 0 Å². The monoisotopic (exact) mass is 183 g/mol. The molecule has 0 aromatic rings. The zero-order valence-electron chi connectivity index (χ0n) is 6.90. The topological polar surface area (TPSA) is 55.8 Å². The Labute approximate surface area is 66.9 Å². The average Bonchev–Trinajstić information content (AvgIpc) is 1.84. The van der Waals surface area contributed by atoms with E-state index in [0.29, 0.717) is 13.2 Å². The summed E-state index contributed by atoms with van der Waals surface area (Å²) in [6, 6.07) is 0. The molecular weight excluding hydrogens is 170 g/mol. The fraction of sp³-hybridized carbons (Fsp3) is 1.00. The van der Waals surface area contributed by atoms with Gasteiger partial charge in [-0.15, -0.1) is 0 Å². The van der Waals surface area contributed by atoms with Crippen LogP contribution in [0.2, 0.25) is 0 Å². The molecule has 11 heavy (non-hydrogen) atoms. The largest absolute Gasteiger partial charge is 0.282 e. The average molecular weight is 183 g/mol. The first-order valence-corrected chi connectivity index (χ1v) is 5.11. The van der Waals surface area contributed by atoms with E-state index in [4.69, 9.17) is 4.84 Å². The van der Waals surface area contributed by atoms with Crippen LogP contribution in [-0.4, -0.2) is 33.1 Å². The van der Waals surface area contributed by atoms with Gasteiger partial charge in [0.15, 0.2) is 0 Å². The molecule has 0 atom stereocenters. The molecule has 6 heteroatoms. The molecule has 0 fully saturated rings. The summed E-state index contributed by atoms with van der Waals surface area (Å²) in [6.45, 7) is 4.21. The third-order valence-corrected chi connectivity index (χ3v) is 1.19. The van der Waals surface area contributed by atoms with E-state index in [2.05, 4.69) is 4.28 Å². The molecule has 0 aromatic carbocycles. The third kappa shape index (κ3) is 6.24. The van der Waals surface area contributed by atoms with Gasteiger partial charge in [-0.1, -0.05) is 0 Å². The van der Waals surface area contributed by atoms with E-state index in [1.165, 1.54) is 0 Å².